The predicted octanol–water partition coefficient (Wildman–Crippen LogP) is 1.01. The molecule has 3 nitrogen and oxygen atoms in total. The maximum atomic E-state index is 11.7. The Balaban J connectivity index is 3.70. The molecular weight excluding hydrogens is 229 g/mol. The van der Waals surface area contributed by atoms with Gasteiger partial charge in [0.1, 0.15) is 6.54 Å². The van der Waals surface area contributed by atoms with Crippen LogP contribution < -0.4 is 10.6 Å². The number of rotatable bonds is 6. The molecule has 0 fully saturated rings. The Bertz CT molecular complexity index is 199. The van der Waals surface area contributed by atoms with E-state index in [2.05, 4.69) is 5.32 Å². The lowest BCUT2D eigenvalue weighted by molar-refractivity contribution is -0.139. The van der Waals surface area contributed by atoms with Crippen LogP contribution in [0.2, 0.25) is 0 Å². The first-order valence-corrected chi connectivity index (χ1v) is 5.83. The van der Waals surface area contributed by atoms with Crippen LogP contribution in [0.5, 0.6) is 0 Å². The minimum Gasteiger partial charge on any atom is -0.346 e. The maximum Gasteiger partial charge on any atom is 0.405 e. The highest BCUT2D eigenvalue weighted by atomic mass is 32.2. The fourth-order valence-corrected chi connectivity index (χ4v) is 1.13. The summed E-state index contributed by atoms with van der Waals surface area (Å²) in [6, 6.07) is -0.598. The normalized spacial score (nSPS) is 13.7. The van der Waals surface area contributed by atoms with Crippen LogP contribution in [-0.4, -0.2) is 43.2 Å². The zero-order valence-corrected chi connectivity index (χ0v) is 9.47. The number of halogens is 3. The molecule has 0 saturated carbocycles. The average Bonchev–Trinajstić information content (AvgIpc) is 2.13. The molecule has 0 spiro atoms. The third kappa shape index (κ3) is 8.56. The van der Waals surface area contributed by atoms with Gasteiger partial charge in [0.15, 0.2) is 0 Å². The molecule has 1 atom stereocenters. The van der Waals surface area contributed by atoms with E-state index < -0.39 is 24.7 Å². The summed E-state index contributed by atoms with van der Waals surface area (Å²) in [7, 11) is 0. The number of carbonyl (C=O) groups is 1. The van der Waals surface area contributed by atoms with Crippen LogP contribution in [0.1, 0.15) is 6.92 Å². The Kier molecular flexibility index (Phi) is 6.75. The van der Waals surface area contributed by atoms with Crippen molar-refractivity contribution < 1.29 is 18.0 Å². The predicted molar refractivity (Wildman–Crippen MR) is 54.9 cm³/mol. The Morgan fingerprint density at radius 3 is 2.53 bits per heavy atom. The van der Waals surface area contributed by atoms with Crippen molar-refractivity contribution in [2.24, 2.45) is 0 Å². The summed E-state index contributed by atoms with van der Waals surface area (Å²) in [4.78, 5) is 11.1. The van der Waals surface area contributed by atoms with E-state index in [-0.39, 0.29) is 0 Å². The summed E-state index contributed by atoms with van der Waals surface area (Å²) < 4.78 is 35.2. The standard InChI is InChI=1S/C8H15F3N2OS/c1-6(12-3-4-15-2)7(14)13-5-8(9,10)11/h6,12H,3-5H2,1-2H3,(H,13,14). The van der Waals surface area contributed by atoms with Crippen LogP contribution in [0.3, 0.4) is 0 Å². The third-order valence-corrected chi connectivity index (χ3v) is 2.23. The van der Waals surface area contributed by atoms with Crippen LogP contribution in [0.4, 0.5) is 13.2 Å². The van der Waals surface area contributed by atoms with Crippen molar-refractivity contribution in [1.82, 2.24) is 10.6 Å². The van der Waals surface area contributed by atoms with Crippen LogP contribution >= 0.6 is 11.8 Å². The van der Waals surface area contributed by atoms with Crippen molar-refractivity contribution in [3.05, 3.63) is 0 Å². The van der Waals surface area contributed by atoms with Gasteiger partial charge in [0.05, 0.1) is 6.04 Å². The highest BCUT2D eigenvalue weighted by Gasteiger charge is 2.28. The molecule has 0 heterocycles. The van der Waals surface area contributed by atoms with Gasteiger partial charge in [-0.2, -0.15) is 24.9 Å². The Labute approximate surface area is 91.2 Å². The number of amides is 1. The first-order valence-electron chi connectivity index (χ1n) is 4.43. The third-order valence-electron chi connectivity index (χ3n) is 1.61. The Morgan fingerprint density at radius 2 is 2.07 bits per heavy atom. The van der Waals surface area contributed by atoms with Gasteiger partial charge >= 0.3 is 6.18 Å². The molecule has 0 aliphatic rings. The molecule has 0 saturated heterocycles. The zero-order valence-electron chi connectivity index (χ0n) is 8.65. The summed E-state index contributed by atoms with van der Waals surface area (Å²) in [5, 5.41) is 4.64. The number of carbonyl (C=O) groups excluding carboxylic acids is 1. The topological polar surface area (TPSA) is 41.1 Å². The summed E-state index contributed by atoms with van der Waals surface area (Å²) in [6.07, 6.45) is -2.44. The molecule has 0 aromatic rings. The lowest BCUT2D eigenvalue weighted by Gasteiger charge is -2.14. The largest absolute Gasteiger partial charge is 0.405 e. The van der Waals surface area contributed by atoms with E-state index in [0.29, 0.717) is 6.54 Å². The van der Waals surface area contributed by atoms with Crippen LogP contribution in [0, 0.1) is 0 Å². The highest BCUT2D eigenvalue weighted by molar-refractivity contribution is 7.98. The Hall–Kier alpha value is -0.430. The van der Waals surface area contributed by atoms with E-state index in [0.717, 1.165) is 5.75 Å². The Morgan fingerprint density at radius 1 is 1.47 bits per heavy atom. The smallest absolute Gasteiger partial charge is 0.346 e. The van der Waals surface area contributed by atoms with Crippen molar-refractivity contribution in [1.29, 1.82) is 0 Å². The molecule has 2 N–H and O–H groups in total. The van der Waals surface area contributed by atoms with E-state index >= 15 is 0 Å². The lowest BCUT2D eigenvalue weighted by Crippen LogP contribution is -2.45. The molecule has 1 amide bonds. The molecule has 0 aromatic carbocycles. The quantitative estimate of drug-likeness (QED) is 0.685. The summed E-state index contributed by atoms with van der Waals surface area (Å²) in [6.45, 7) is 0.855. The van der Waals surface area contributed by atoms with Crippen molar-refractivity contribution >= 4 is 17.7 Å². The van der Waals surface area contributed by atoms with Crippen LogP contribution in [0.15, 0.2) is 0 Å². The monoisotopic (exact) mass is 244 g/mol. The second-order valence-electron chi connectivity index (χ2n) is 3.00. The van der Waals surface area contributed by atoms with E-state index in [1.165, 1.54) is 6.92 Å². The summed E-state index contributed by atoms with van der Waals surface area (Å²) >= 11 is 1.60. The van der Waals surface area contributed by atoms with Gasteiger partial charge in [-0.3, -0.25) is 4.79 Å². The van der Waals surface area contributed by atoms with Crippen molar-refractivity contribution in [3.8, 4) is 0 Å². The van der Waals surface area contributed by atoms with Gasteiger partial charge < -0.3 is 10.6 Å². The summed E-state index contributed by atoms with van der Waals surface area (Å²) in [5.74, 6) is 0.185. The SMILES string of the molecule is CSCCNC(C)C(=O)NCC(F)(F)F. The van der Waals surface area contributed by atoms with E-state index in [9.17, 15) is 18.0 Å². The van der Waals surface area contributed by atoms with Gasteiger partial charge in [0.25, 0.3) is 0 Å². The second-order valence-corrected chi connectivity index (χ2v) is 3.99. The first-order chi connectivity index (χ1) is 6.87. The highest BCUT2D eigenvalue weighted by Crippen LogP contribution is 2.12. The molecule has 0 radical (unpaired) electrons. The van der Waals surface area contributed by atoms with Crippen LogP contribution in [0.25, 0.3) is 0 Å². The van der Waals surface area contributed by atoms with Gasteiger partial charge in [-0.05, 0) is 13.2 Å². The molecule has 1 unspecified atom stereocenters. The lowest BCUT2D eigenvalue weighted by atomic mass is 10.3. The van der Waals surface area contributed by atoms with Gasteiger partial charge in [0.2, 0.25) is 5.91 Å². The molecule has 0 rings (SSSR count). The fraction of sp³-hybridized carbons (Fsp3) is 0.875. The van der Waals surface area contributed by atoms with Crippen molar-refractivity contribution in [2.75, 3.05) is 25.1 Å². The minimum absolute atomic E-state index is 0.598. The van der Waals surface area contributed by atoms with Crippen molar-refractivity contribution in [2.45, 2.75) is 19.1 Å². The van der Waals surface area contributed by atoms with E-state index in [1.807, 2.05) is 11.6 Å². The molecular formula is C8H15F3N2OS. The number of thioether (sulfide) groups is 1. The van der Waals surface area contributed by atoms with Gasteiger partial charge in [-0.25, -0.2) is 0 Å². The van der Waals surface area contributed by atoms with Gasteiger partial charge in [-0.15, -0.1) is 0 Å². The number of nitrogens with one attached hydrogen (secondary N) is 2. The molecule has 90 valence electrons. The number of hydrogen-bond donors (Lipinski definition) is 2. The van der Waals surface area contributed by atoms with Gasteiger partial charge in [0, 0.05) is 12.3 Å². The van der Waals surface area contributed by atoms with E-state index in [4.69, 9.17) is 0 Å². The van der Waals surface area contributed by atoms with E-state index in [1.54, 1.807) is 11.8 Å². The van der Waals surface area contributed by atoms with Gasteiger partial charge in [-0.1, -0.05) is 0 Å². The zero-order chi connectivity index (χ0) is 11.9. The van der Waals surface area contributed by atoms with Crippen molar-refractivity contribution in [3.63, 3.8) is 0 Å². The molecule has 0 aliphatic carbocycles. The number of alkyl halides is 3. The summed E-state index contributed by atoms with van der Waals surface area (Å²) in [5.41, 5.74) is 0. The van der Waals surface area contributed by atoms with Crippen LogP contribution in [-0.2, 0) is 4.79 Å². The maximum absolute atomic E-state index is 11.7. The number of hydrogen-bond acceptors (Lipinski definition) is 3. The molecule has 0 aromatic heterocycles. The fourth-order valence-electron chi connectivity index (χ4n) is 0.811. The molecule has 0 bridgehead atoms. The molecule has 0 aliphatic heterocycles. The molecule has 15 heavy (non-hydrogen) atoms. The first kappa shape index (κ1) is 14.6. The second kappa shape index (κ2) is 6.95. The molecule has 7 heteroatoms. The minimum atomic E-state index is -4.35. The average molecular weight is 244 g/mol.